The zero-order valence-corrected chi connectivity index (χ0v) is 20.5. The van der Waals surface area contributed by atoms with E-state index >= 15 is 0 Å². The lowest BCUT2D eigenvalue weighted by Crippen LogP contribution is -2.31. The minimum Gasteiger partial charge on any atom is -0.480 e. The van der Waals surface area contributed by atoms with E-state index in [4.69, 9.17) is 9.47 Å². The van der Waals surface area contributed by atoms with Gasteiger partial charge in [0.1, 0.15) is 11.4 Å². The molecule has 0 aliphatic carbocycles. The summed E-state index contributed by atoms with van der Waals surface area (Å²) in [6.45, 7) is 7.44. The van der Waals surface area contributed by atoms with Gasteiger partial charge in [0, 0.05) is 43.9 Å². The van der Waals surface area contributed by atoms with Gasteiger partial charge in [-0.3, -0.25) is 9.69 Å². The van der Waals surface area contributed by atoms with E-state index < -0.39 is 0 Å². The fraction of sp³-hybridized carbons (Fsp3) is 0.435. The van der Waals surface area contributed by atoms with Crippen molar-refractivity contribution in [1.82, 2.24) is 14.9 Å². The van der Waals surface area contributed by atoms with Crippen molar-refractivity contribution in [2.24, 2.45) is 0 Å². The van der Waals surface area contributed by atoms with Gasteiger partial charge in [0.2, 0.25) is 5.88 Å². The Morgan fingerprint density at radius 1 is 1.19 bits per heavy atom. The zero-order valence-electron chi connectivity index (χ0n) is 18.9. The highest BCUT2D eigenvalue weighted by atomic mass is 32.2. The third kappa shape index (κ3) is 4.91. The quantitative estimate of drug-likeness (QED) is 0.550. The van der Waals surface area contributed by atoms with Crippen molar-refractivity contribution >= 4 is 44.9 Å². The summed E-state index contributed by atoms with van der Waals surface area (Å²) in [4.78, 5) is 25.9. The lowest BCUT2D eigenvalue weighted by atomic mass is 10.1. The van der Waals surface area contributed by atoms with Crippen LogP contribution in [0.1, 0.15) is 32.2 Å². The Balaban J connectivity index is 1.55. The Bertz CT molecular complexity index is 1130. The van der Waals surface area contributed by atoms with E-state index in [1.165, 1.54) is 28.4 Å². The first-order chi connectivity index (χ1) is 15.5. The van der Waals surface area contributed by atoms with Gasteiger partial charge in [0.05, 0.1) is 17.4 Å². The number of carbonyl (C=O) groups is 1. The number of aromatic nitrogens is 2. The first-order valence-corrected chi connectivity index (χ1v) is 12.5. The van der Waals surface area contributed by atoms with Crippen molar-refractivity contribution < 1.29 is 14.3 Å². The van der Waals surface area contributed by atoms with Gasteiger partial charge in [-0.2, -0.15) is 16.7 Å². The molecule has 9 heteroatoms. The van der Waals surface area contributed by atoms with Gasteiger partial charge in [-0.25, -0.2) is 4.98 Å². The molecule has 1 amide bonds. The van der Waals surface area contributed by atoms with Crippen molar-refractivity contribution in [3.05, 3.63) is 45.6 Å². The molecule has 3 aromatic rings. The Morgan fingerprint density at radius 3 is 2.66 bits per heavy atom. The summed E-state index contributed by atoms with van der Waals surface area (Å²) in [5, 5.41) is 3.85. The number of thioether (sulfide) groups is 1. The van der Waals surface area contributed by atoms with E-state index in [2.05, 4.69) is 32.3 Å². The average molecular weight is 473 g/mol. The molecule has 4 rings (SSSR count). The summed E-state index contributed by atoms with van der Waals surface area (Å²) in [6.07, 6.45) is 0. The molecule has 1 aliphatic rings. The second-order valence-electron chi connectivity index (χ2n) is 7.81. The molecule has 0 saturated carbocycles. The highest BCUT2D eigenvalue weighted by molar-refractivity contribution is 7.99. The summed E-state index contributed by atoms with van der Waals surface area (Å²) >= 11 is 3.36. The number of ether oxygens (including phenoxy) is 2. The SMILES string of the molecule is COCc1nc(OC)c2c(C)c(C(=O)Nc3ccc(CN4CCSCC4)cc3C)sc2n1. The molecule has 2 aromatic heterocycles. The number of anilines is 1. The van der Waals surface area contributed by atoms with Crippen LogP contribution in [0.2, 0.25) is 0 Å². The van der Waals surface area contributed by atoms with Crippen LogP contribution in [-0.4, -0.2) is 59.6 Å². The maximum atomic E-state index is 13.1. The normalized spacial score (nSPS) is 14.6. The molecule has 1 saturated heterocycles. The molecule has 0 radical (unpaired) electrons. The number of fused-ring (bicyclic) bond motifs is 1. The first kappa shape index (κ1) is 23.0. The van der Waals surface area contributed by atoms with Gasteiger partial charge in [0.25, 0.3) is 5.91 Å². The summed E-state index contributed by atoms with van der Waals surface area (Å²) in [7, 11) is 3.17. The predicted octanol–water partition coefficient (Wildman–Crippen LogP) is 4.26. The fourth-order valence-electron chi connectivity index (χ4n) is 3.86. The van der Waals surface area contributed by atoms with E-state index in [0.717, 1.165) is 46.7 Å². The van der Waals surface area contributed by atoms with Crippen LogP contribution in [0.5, 0.6) is 5.88 Å². The number of aryl methyl sites for hydroxylation is 2. The molecule has 0 bridgehead atoms. The van der Waals surface area contributed by atoms with Crippen LogP contribution in [0.4, 0.5) is 5.69 Å². The smallest absolute Gasteiger partial charge is 0.266 e. The van der Waals surface area contributed by atoms with Gasteiger partial charge in [-0.15, -0.1) is 11.3 Å². The number of rotatable bonds is 7. The summed E-state index contributed by atoms with van der Waals surface area (Å²) in [6, 6.07) is 6.27. The summed E-state index contributed by atoms with van der Waals surface area (Å²) in [5.41, 5.74) is 3.97. The lowest BCUT2D eigenvalue weighted by molar-refractivity contribution is 0.103. The number of hydrogen-bond acceptors (Lipinski definition) is 8. The van der Waals surface area contributed by atoms with E-state index in [-0.39, 0.29) is 12.5 Å². The number of hydrogen-bond donors (Lipinski definition) is 1. The standard InChI is InChI=1S/C23H28N4O3S2/c1-14-11-16(12-27-7-9-31-10-8-27)5-6-17(14)24-21(28)20-15(2)19-22(30-4)25-18(13-29-3)26-23(19)32-20/h5-6,11H,7-10,12-13H2,1-4H3,(H,24,28). The van der Waals surface area contributed by atoms with Gasteiger partial charge in [0.15, 0.2) is 5.82 Å². The number of nitrogens with zero attached hydrogens (tertiary/aromatic N) is 3. The average Bonchev–Trinajstić information content (AvgIpc) is 3.12. The highest BCUT2D eigenvalue weighted by Gasteiger charge is 2.22. The maximum Gasteiger partial charge on any atom is 0.266 e. The number of carbonyl (C=O) groups excluding carboxylic acids is 1. The van der Waals surface area contributed by atoms with Crippen LogP contribution in [0, 0.1) is 13.8 Å². The third-order valence-corrected chi connectivity index (χ3v) is 7.65. The number of nitrogens with one attached hydrogen (secondary N) is 1. The van der Waals surface area contributed by atoms with Crippen molar-refractivity contribution in [3.63, 3.8) is 0 Å². The monoisotopic (exact) mass is 472 g/mol. The molecule has 7 nitrogen and oxygen atoms in total. The minimum atomic E-state index is -0.148. The first-order valence-electron chi connectivity index (χ1n) is 10.5. The number of methoxy groups -OCH3 is 2. The fourth-order valence-corrected chi connectivity index (χ4v) is 5.93. The highest BCUT2D eigenvalue weighted by Crippen LogP contribution is 2.35. The Morgan fingerprint density at radius 2 is 1.97 bits per heavy atom. The lowest BCUT2D eigenvalue weighted by Gasteiger charge is -2.26. The number of amides is 1. The van der Waals surface area contributed by atoms with Crippen LogP contribution in [-0.2, 0) is 17.9 Å². The number of benzene rings is 1. The molecule has 170 valence electrons. The second-order valence-corrected chi connectivity index (χ2v) is 10.0. The molecule has 1 N–H and O–H groups in total. The van der Waals surface area contributed by atoms with Crippen LogP contribution < -0.4 is 10.1 Å². The number of thiophene rings is 1. The van der Waals surface area contributed by atoms with Crippen LogP contribution in [0.15, 0.2) is 18.2 Å². The molecule has 1 aliphatic heterocycles. The second kappa shape index (κ2) is 10.2. The van der Waals surface area contributed by atoms with E-state index in [0.29, 0.717) is 16.6 Å². The predicted molar refractivity (Wildman–Crippen MR) is 131 cm³/mol. The molecule has 0 spiro atoms. The summed E-state index contributed by atoms with van der Waals surface area (Å²) < 4.78 is 10.6. The Kier molecular flexibility index (Phi) is 7.30. The van der Waals surface area contributed by atoms with Crippen LogP contribution >= 0.6 is 23.1 Å². The Hall–Kier alpha value is -2.20. The van der Waals surface area contributed by atoms with Gasteiger partial charge in [-0.1, -0.05) is 12.1 Å². The van der Waals surface area contributed by atoms with Crippen molar-refractivity contribution in [1.29, 1.82) is 0 Å². The minimum absolute atomic E-state index is 0.148. The molecular weight excluding hydrogens is 444 g/mol. The van der Waals surface area contributed by atoms with Crippen molar-refractivity contribution in [2.45, 2.75) is 27.0 Å². The molecular formula is C23H28N4O3S2. The van der Waals surface area contributed by atoms with Gasteiger partial charge in [-0.05, 0) is 36.6 Å². The van der Waals surface area contributed by atoms with Crippen LogP contribution in [0.25, 0.3) is 10.2 Å². The van der Waals surface area contributed by atoms with Gasteiger partial charge >= 0.3 is 0 Å². The molecule has 1 aromatic carbocycles. The van der Waals surface area contributed by atoms with E-state index in [1.807, 2.05) is 31.7 Å². The topological polar surface area (TPSA) is 76.6 Å². The molecule has 0 unspecified atom stereocenters. The maximum absolute atomic E-state index is 13.1. The van der Waals surface area contributed by atoms with E-state index in [1.54, 1.807) is 14.2 Å². The molecule has 3 heterocycles. The third-order valence-electron chi connectivity index (χ3n) is 5.53. The molecule has 0 atom stereocenters. The van der Waals surface area contributed by atoms with Gasteiger partial charge < -0.3 is 14.8 Å². The largest absolute Gasteiger partial charge is 0.480 e. The molecule has 1 fully saturated rings. The van der Waals surface area contributed by atoms with Crippen molar-refractivity contribution in [2.75, 3.05) is 44.1 Å². The summed E-state index contributed by atoms with van der Waals surface area (Å²) in [5.74, 6) is 3.24. The van der Waals surface area contributed by atoms with E-state index in [9.17, 15) is 4.79 Å². The van der Waals surface area contributed by atoms with Crippen LogP contribution in [0.3, 0.4) is 0 Å². The zero-order chi connectivity index (χ0) is 22.7. The Labute approximate surface area is 196 Å². The molecule has 32 heavy (non-hydrogen) atoms. The van der Waals surface area contributed by atoms with Crippen molar-refractivity contribution in [3.8, 4) is 5.88 Å².